The largest absolute Gasteiger partial charge is 0.326 e. The summed E-state index contributed by atoms with van der Waals surface area (Å²) in [6.07, 6.45) is 9.55. The van der Waals surface area contributed by atoms with Gasteiger partial charge in [-0.05, 0) is 68.8 Å². The Morgan fingerprint density at radius 1 is 1.05 bits per heavy atom. The molecule has 0 unspecified atom stereocenters. The second kappa shape index (κ2) is 7.77. The van der Waals surface area contributed by atoms with Crippen molar-refractivity contribution in [1.29, 1.82) is 0 Å². The van der Waals surface area contributed by atoms with Crippen molar-refractivity contribution < 1.29 is 4.79 Å². The Labute approximate surface area is 134 Å². The van der Waals surface area contributed by atoms with E-state index in [9.17, 15) is 4.79 Å². The molecule has 1 aliphatic heterocycles. The van der Waals surface area contributed by atoms with Gasteiger partial charge in [-0.3, -0.25) is 4.79 Å². The Hall–Kier alpha value is -1.35. The highest BCUT2D eigenvalue weighted by Crippen LogP contribution is 2.27. The summed E-state index contributed by atoms with van der Waals surface area (Å²) < 4.78 is 0. The van der Waals surface area contributed by atoms with E-state index < -0.39 is 0 Å². The third kappa shape index (κ3) is 4.57. The van der Waals surface area contributed by atoms with Crippen molar-refractivity contribution in [3.63, 3.8) is 0 Å². The minimum absolute atomic E-state index is 0.178. The number of hydrogen-bond acceptors (Lipinski definition) is 2. The van der Waals surface area contributed by atoms with Gasteiger partial charge < -0.3 is 10.2 Å². The summed E-state index contributed by atoms with van der Waals surface area (Å²) >= 11 is 0. The first kappa shape index (κ1) is 15.5. The molecule has 120 valence electrons. The molecule has 0 atom stereocenters. The lowest BCUT2D eigenvalue weighted by molar-refractivity contribution is -0.117. The highest BCUT2D eigenvalue weighted by molar-refractivity contribution is 5.90. The molecule has 1 saturated carbocycles. The normalized spacial score (nSPS) is 19.6. The number of anilines is 1. The third-order valence-corrected chi connectivity index (χ3v) is 5.10. The molecule has 3 nitrogen and oxygen atoms in total. The number of hydrogen-bond donors (Lipinski definition) is 1. The Morgan fingerprint density at radius 2 is 1.73 bits per heavy atom. The molecule has 2 aliphatic rings. The number of carbonyl (C=O) groups excluding carboxylic acids is 1. The molecule has 1 saturated heterocycles. The van der Waals surface area contributed by atoms with Gasteiger partial charge in [0.15, 0.2) is 0 Å². The van der Waals surface area contributed by atoms with Crippen molar-refractivity contribution in [2.75, 3.05) is 25.0 Å². The fourth-order valence-corrected chi connectivity index (χ4v) is 3.74. The Balaban J connectivity index is 1.43. The molecule has 0 aromatic heterocycles. The summed E-state index contributed by atoms with van der Waals surface area (Å²) in [4.78, 5) is 14.6. The zero-order chi connectivity index (χ0) is 15.2. The molecule has 0 radical (unpaired) electrons. The molecule has 1 amide bonds. The summed E-state index contributed by atoms with van der Waals surface area (Å²) in [7, 11) is 0. The van der Waals surface area contributed by atoms with Crippen molar-refractivity contribution >= 4 is 11.6 Å². The van der Waals surface area contributed by atoms with Crippen molar-refractivity contribution in [1.82, 2.24) is 4.90 Å². The van der Waals surface area contributed by atoms with Crippen molar-refractivity contribution in [2.45, 2.75) is 51.4 Å². The zero-order valence-electron chi connectivity index (χ0n) is 13.5. The summed E-state index contributed by atoms with van der Waals surface area (Å²) in [5.74, 6) is 0.788. The van der Waals surface area contributed by atoms with Crippen LogP contribution in [0.5, 0.6) is 0 Å². The predicted molar refractivity (Wildman–Crippen MR) is 91.0 cm³/mol. The van der Waals surface area contributed by atoms with Crippen LogP contribution in [0.4, 0.5) is 5.69 Å². The maximum Gasteiger partial charge on any atom is 0.224 e. The standard InChI is InChI=1S/C19H28N2O/c22-19(15-17-5-1-2-6-17)20-18-9-7-16(8-10-18)11-14-21-12-3-4-13-21/h7-10,17H,1-6,11-15H2,(H,20,22). The number of nitrogens with zero attached hydrogens (tertiary/aromatic N) is 1. The first-order chi connectivity index (χ1) is 10.8. The van der Waals surface area contributed by atoms with Crippen LogP contribution in [0.3, 0.4) is 0 Å². The molecule has 22 heavy (non-hydrogen) atoms. The van der Waals surface area contributed by atoms with Crippen LogP contribution in [0.1, 0.15) is 50.5 Å². The number of amides is 1. The quantitative estimate of drug-likeness (QED) is 0.865. The van der Waals surface area contributed by atoms with Crippen LogP contribution in [0.15, 0.2) is 24.3 Å². The number of nitrogens with one attached hydrogen (secondary N) is 1. The van der Waals surface area contributed by atoms with Gasteiger partial charge in [-0.25, -0.2) is 0 Å². The van der Waals surface area contributed by atoms with E-state index in [4.69, 9.17) is 0 Å². The number of likely N-dealkylation sites (tertiary alicyclic amines) is 1. The van der Waals surface area contributed by atoms with Gasteiger partial charge in [0.05, 0.1) is 0 Å². The van der Waals surface area contributed by atoms with E-state index in [-0.39, 0.29) is 5.91 Å². The molecule has 2 fully saturated rings. The fraction of sp³-hybridized carbons (Fsp3) is 0.632. The van der Waals surface area contributed by atoms with Crippen LogP contribution in [0, 0.1) is 5.92 Å². The molecule has 0 spiro atoms. The lowest BCUT2D eigenvalue weighted by atomic mass is 10.0. The number of rotatable bonds is 6. The van der Waals surface area contributed by atoms with E-state index in [1.807, 2.05) is 12.1 Å². The smallest absolute Gasteiger partial charge is 0.224 e. The van der Waals surface area contributed by atoms with Crippen molar-refractivity contribution in [2.24, 2.45) is 5.92 Å². The second-order valence-electron chi connectivity index (χ2n) is 6.90. The van der Waals surface area contributed by atoms with Crippen LogP contribution in [0.25, 0.3) is 0 Å². The van der Waals surface area contributed by atoms with E-state index in [1.165, 1.54) is 57.2 Å². The summed E-state index contributed by atoms with van der Waals surface area (Å²) in [5.41, 5.74) is 2.30. The van der Waals surface area contributed by atoms with Gasteiger partial charge in [0.25, 0.3) is 0 Å². The van der Waals surface area contributed by atoms with Gasteiger partial charge in [0, 0.05) is 18.7 Å². The number of carbonyl (C=O) groups is 1. The first-order valence-electron chi connectivity index (χ1n) is 8.91. The van der Waals surface area contributed by atoms with E-state index >= 15 is 0 Å². The monoisotopic (exact) mass is 300 g/mol. The maximum atomic E-state index is 12.0. The molecule has 3 heteroatoms. The van der Waals surface area contributed by atoms with Crippen LogP contribution in [-0.2, 0) is 11.2 Å². The lowest BCUT2D eigenvalue weighted by Crippen LogP contribution is -2.21. The van der Waals surface area contributed by atoms with E-state index in [1.54, 1.807) is 0 Å². The van der Waals surface area contributed by atoms with Gasteiger partial charge in [0.2, 0.25) is 5.91 Å². The molecule has 3 rings (SSSR count). The van der Waals surface area contributed by atoms with E-state index in [2.05, 4.69) is 22.3 Å². The lowest BCUT2D eigenvalue weighted by Gasteiger charge is -2.14. The second-order valence-corrected chi connectivity index (χ2v) is 6.90. The predicted octanol–water partition coefficient (Wildman–Crippen LogP) is 3.84. The maximum absolute atomic E-state index is 12.0. The Morgan fingerprint density at radius 3 is 2.41 bits per heavy atom. The molecular weight excluding hydrogens is 272 g/mol. The minimum atomic E-state index is 0.178. The van der Waals surface area contributed by atoms with Gasteiger partial charge in [-0.15, -0.1) is 0 Å². The highest BCUT2D eigenvalue weighted by Gasteiger charge is 2.18. The Kier molecular flexibility index (Phi) is 5.49. The summed E-state index contributed by atoms with van der Waals surface area (Å²) in [5, 5.41) is 3.04. The molecule has 1 aromatic rings. The molecule has 1 N–H and O–H groups in total. The number of benzene rings is 1. The van der Waals surface area contributed by atoms with Crippen LogP contribution in [0.2, 0.25) is 0 Å². The van der Waals surface area contributed by atoms with E-state index in [0.717, 1.165) is 18.7 Å². The van der Waals surface area contributed by atoms with Crippen LogP contribution in [-0.4, -0.2) is 30.4 Å². The molecule has 1 aliphatic carbocycles. The average molecular weight is 300 g/mol. The van der Waals surface area contributed by atoms with Gasteiger partial charge in [-0.2, -0.15) is 0 Å². The third-order valence-electron chi connectivity index (χ3n) is 5.10. The van der Waals surface area contributed by atoms with Crippen molar-refractivity contribution in [3.05, 3.63) is 29.8 Å². The minimum Gasteiger partial charge on any atom is -0.326 e. The van der Waals surface area contributed by atoms with E-state index in [0.29, 0.717) is 12.3 Å². The van der Waals surface area contributed by atoms with Crippen LogP contribution >= 0.6 is 0 Å². The van der Waals surface area contributed by atoms with Gasteiger partial charge in [0.1, 0.15) is 0 Å². The molecule has 1 heterocycles. The first-order valence-corrected chi connectivity index (χ1v) is 8.91. The SMILES string of the molecule is O=C(CC1CCCC1)Nc1ccc(CCN2CCCC2)cc1. The molecule has 0 bridgehead atoms. The topological polar surface area (TPSA) is 32.3 Å². The fourth-order valence-electron chi connectivity index (χ4n) is 3.74. The van der Waals surface area contributed by atoms with Gasteiger partial charge >= 0.3 is 0 Å². The van der Waals surface area contributed by atoms with Gasteiger partial charge in [-0.1, -0.05) is 25.0 Å². The summed E-state index contributed by atoms with van der Waals surface area (Å²) in [6.45, 7) is 3.68. The average Bonchev–Trinajstić information content (AvgIpc) is 3.20. The molecule has 1 aromatic carbocycles. The zero-order valence-corrected chi connectivity index (χ0v) is 13.5. The summed E-state index contributed by atoms with van der Waals surface area (Å²) in [6, 6.07) is 8.40. The van der Waals surface area contributed by atoms with Crippen molar-refractivity contribution in [3.8, 4) is 0 Å². The Bertz CT molecular complexity index is 471. The highest BCUT2D eigenvalue weighted by atomic mass is 16.1. The molecular formula is C19H28N2O. The van der Waals surface area contributed by atoms with Crippen LogP contribution < -0.4 is 5.32 Å².